The van der Waals surface area contributed by atoms with Crippen molar-refractivity contribution in [1.29, 1.82) is 0 Å². The number of fused-ring (bicyclic) bond motifs is 2. The van der Waals surface area contributed by atoms with Gasteiger partial charge in [0.1, 0.15) is 0 Å². The molecule has 1 aliphatic heterocycles. The van der Waals surface area contributed by atoms with E-state index in [-0.39, 0.29) is 63.4 Å². The zero-order valence-corrected chi connectivity index (χ0v) is 15.5. The van der Waals surface area contributed by atoms with Crippen LogP contribution < -0.4 is 42.7 Å². The molecule has 0 nitrogen and oxygen atoms in total. The predicted molar refractivity (Wildman–Crippen MR) is 67.0 cm³/mol. The molecule has 19 heavy (non-hydrogen) atoms. The van der Waals surface area contributed by atoms with E-state index in [1.165, 1.54) is 12.0 Å². The molecule has 1 unspecified atom stereocenters. The molecule has 1 heterocycles. The molecule has 0 aromatic heterocycles. The van der Waals surface area contributed by atoms with Crippen molar-refractivity contribution in [3.8, 4) is 0 Å². The van der Waals surface area contributed by atoms with E-state index in [4.69, 9.17) is 0 Å². The molecule has 3 rings (SSSR count). The second kappa shape index (κ2) is 9.45. The van der Waals surface area contributed by atoms with Gasteiger partial charge in [-0.25, -0.2) is 0 Å². The molecule has 0 bridgehead atoms. The van der Waals surface area contributed by atoms with Crippen LogP contribution in [0.4, 0.5) is 0 Å². The van der Waals surface area contributed by atoms with Crippen LogP contribution in [-0.2, 0) is 32.6 Å². The Morgan fingerprint density at radius 2 is 1.79 bits per heavy atom. The Kier molecular flexibility index (Phi) is 10.9. The Morgan fingerprint density at radius 3 is 2.53 bits per heavy atom. The summed E-state index contributed by atoms with van der Waals surface area (Å²) in [5.74, 6) is 0.755. The van der Waals surface area contributed by atoms with Gasteiger partial charge >= 0.3 is 26.2 Å². The van der Waals surface area contributed by atoms with E-state index in [1.807, 2.05) is 0 Å². The monoisotopic (exact) mass is 389 g/mol. The maximum atomic E-state index is 2.37. The molecule has 0 N–H and O–H groups in total. The van der Waals surface area contributed by atoms with Crippen LogP contribution in [0, 0.1) is 0 Å². The Labute approximate surface area is 153 Å². The summed E-state index contributed by atoms with van der Waals surface area (Å²) in [5.41, 5.74) is 4.72. The Morgan fingerprint density at radius 1 is 1.11 bits per heavy atom. The molecular weight excluding hydrogens is 377 g/mol. The number of hydrogen-bond donors (Lipinski definition) is 0. The Hall–Kier alpha value is 0.518. The summed E-state index contributed by atoms with van der Waals surface area (Å²) in [7, 11) is 0. The third-order valence-electron chi connectivity index (χ3n) is 3.86. The van der Waals surface area contributed by atoms with Crippen LogP contribution in [0.3, 0.4) is 0 Å². The van der Waals surface area contributed by atoms with Gasteiger partial charge in [-0.15, -0.1) is 0 Å². The summed E-state index contributed by atoms with van der Waals surface area (Å²) in [6, 6.07) is 8.91. The van der Waals surface area contributed by atoms with Crippen LogP contribution in [0.25, 0.3) is 0 Å². The first kappa shape index (κ1) is 21.8. The Bertz CT molecular complexity index is 460. The summed E-state index contributed by atoms with van der Waals surface area (Å²) >= 11 is 0. The molecule has 0 saturated carbocycles. The normalized spacial score (nSPS) is 18.3. The first-order chi connectivity index (χ1) is 7.36. The van der Waals surface area contributed by atoms with Crippen molar-refractivity contribution >= 4 is 12.2 Å². The molecule has 5 heteroatoms. The van der Waals surface area contributed by atoms with Gasteiger partial charge in [-0.2, -0.15) is 0 Å². The number of benzene rings is 1. The summed E-state index contributed by atoms with van der Waals surface area (Å²) in [5, 5.41) is 0. The maximum absolute atomic E-state index is 2.37. The van der Waals surface area contributed by atoms with Crippen molar-refractivity contribution in [2.75, 3.05) is 0 Å². The van der Waals surface area contributed by atoms with Gasteiger partial charge < -0.3 is 37.2 Å². The van der Waals surface area contributed by atoms with Crippen LogP contribution in [0.5, 0.6) is 0 Å². The summed E-state index contributed by atoms with van der Waals surface area (Å²) in [4.78, 5) is 0. The fourth-order valence-corrected chi connectivity index (χ4v) is 2.98. The molecular formula is C14H15BCl3Zr. The van der Waals surface area contributed by atoms with Gasteiger partial charge in [0.15, 0.2) is 6.71 Å². The number of hydrogen-bond acceptors (Lipinski definition) is 0. The van der Waals surface area contributed by atoms with E-state index in [9.17, 15) is 0 Å². The van der Waals surface area contributed by atoms with Crippen molar-refractivity contribution in [2.45, 2.75) is 25.5 Å². The van der Waals surface area contributed by atoms with Gasteiger partial charge in [0.2, 0.25) is 0 Å². The minimum atomic E-state index is 0. The van der Waals surface area contributed by atoms with Gasteiger partial charge in [0.05, 0.1) is 0 Å². The summed E-state index contributed by atoms with van der Waals surface area (Å²) < 4.78 is 0. The quantitative estimate of drug-likeness (QED) is 0.386. The van der Waals surface area contributed by atoms with E-state index in [0.717, 1.165) is 12.2 Å². The molecule has 1 aromatic rings. The first-order valence-electron chi connectivity index (χ1n) is 5.79. The molecule has 2 aliphatic rings. The maximum Gasteiger partial charge on any atom is 3.00 e. The number of halogens is 3. The minimum absolute atomic E-state index is 0. The first-order valence-corrected chi connectivity index (χ1v) is 5.79. The molecule has 0 fully saturated rings. The topological polar surface area (TPSA) is 0 Å². The Balaban J connectivity index is 0. The second-order valence-corrected chi connectivity index (χ2v) is 4.68. The van der Waals surface area contributed by atoms with Crippen molar-refractivity contribution in [1.82, 2.24) is 0 Å². The van der Waals surface area contributed by atoms with Gasteiger partial charge in [-0.3, -0.25) is 0 Å². The standard InChI is InChI=1S/C14H15B.3ClH.Zr/c1-15-13-8-4-2-6-11(13)10-12-7-3-5-9-14(12)15;;;;/h2-8,14H,9-10H2,1H3;3*1H;/q;;;;+3/p-3. The van der Waals surface area contributed by atoms with Crippen molar-refractivity contribution in [2.24, 2.45) is 0 Å². The third-order valence-corrected chi connectivity index (χ3v) is 3.86. The van der Waals surface area contributed by atoms with Crippen LogP contribution >= 0.6 is 0 Å². The van der Waals surface area contributed by atoms with Gasteiger partial charge in [0.25, 0.3) is 0 Å². The SMILES string of the molecule is CB1c2ccccc2CC2=CC=CCC12.[Cl-].[Cl-].[Cl-].[Zr+3]. The zero-order valence-electron chi connectivity index (χ0n) is 10.7. The van der Waals surface area contributed by atoms with E-state index in [0.29, 0.717) is 6.71 Å². The van der Waals surface area contributed by atoms with Gasteiger partial charge in [-0.05, 0) is 24.2 Å². The van der Waals surface area contributed by atoms with Crippen LogP contribution in [0.2, 0.25) is 12.6 Å². The summed E-state index contributed by atoms with van der Waals surface area (Å²) in [6.07, 6.45) is 9.22. The van der Waals surface area contributed by atoms with Gasteiger partial charge in [-0.1, -0.05) is 60.4 Å². The largest absolute Gasteiger partial charge is 3.00 e. The molecule has 0 amide bonds. The zero-order chi connectivity index (χ0) is 10.3. The van der Waals surface area contributed by atoms with Crippen LogP contribution in [0.1, 0.15) is 12.0 Å². The fraction of sp³-hybridized carbons (Fsp3) is 0.286. The molecule has 1 aliphatic carbocycles. The molecule has 1 atom stereocenters. The van der Waals surface area contributed by atoms with Crippen molar-refractivity contribution < 1.29 is 63.4 Å². The minimum Gasteiger partial charge on any atom is -1.00 e. The number of allylic oxidation sites excluding steroid dienone is 4. The molecule has 1 radical (unpaired) electrons. The third kappa shape index (κ3) is 4.24. The average molecular weight is 392 g/mol. The van der Waals surface area contributed by atoms with E-state index in [2.05, 4.69) is 49.3 Å². The van der Waals surface area contributed by atoms with Crippen LogP contribution in [-0.4, -0.2) is 6.71 Å². The predicted octanol–water partition coefficient (Wildman–Crippen LogP) is -6.16. The van der Waals surface area contributed by atoms with E-state index < -0.39 is 0 Å². The molecule has 99 valence electrons. The van der Waals surface area contributed by atoms with Crippen molar-refractivity contribution in [3.05, 3.63) is 53.6 Å². The molecule has 0 spiro atoms. The van der Waals surface area contributed by atoms with E-state index >= 15 is 0 Å². The van der Waals surface area contributed by atoms with Crippen molar-refractivity contribution in [3.63, 3.8) is 0 Å². The average Bonchev–Trinajstić information content (AvgIpc) is 2.30. The van der Waals surface area contributed by atoms with Crippen LogP contribution in [0.15, 0.2) is 48.1 Å². The second-order valence-electron chi connectivity index (χ2n) is 4.68. The summed E-state index contributed by atoms with van der Waals surface area (Å²) in [6.45, 7) is 3.06. The van der Waals surface area contributed by atoms with Gasteiger partial charge in [0, 0.05) is 0 Å². The van der Waals surface area contributed by atoms with E-state index in [1.54, 1.807) is 11.0 Å². The molecule has 0 saturated heterocycles. The number of rotatable bonds is 0. The smallest absolute Gasteiger partial charge is 1.00 e. The fourth-order valence-electron chi connectivity index (χ4n) is 2.98. The molecule has 1 aromatic carbocycles.